The summed E-state index contributed by atoms with van der Waals surface area (Å²) in [6.45, 7) is 4.04. The maximum Gasteiger partial charge on any atom is 0.329 e. The molecule has 0 bridgehead atoms. The highest BCUT2D eigenvalue weighted by Crippen LogP contribution is 2.42. The van der Waals surface area contributed by atoms with Crippen molar-refractivity contribution < 1.29 is 41.0 Å². The van der Waals surface area contributed by atoms with E-state index in [1.165, 1.54) is 35.5 Å². The van der Waals surface area contributed by atoms with Crippen LogP contribution in [0.5, 0.6) is 11.5 Å². The molecule has 7 heterocycles. The Hall–Kier alpha value is -6.21. The van der Waals surface area contributed by atoms with E-state index in [4.69, 9.17) is 14.2 Å². The quantitative estimate of drug-likeness (QED) is 0.199. The molecule has 0 saturated carbocycles. The van der Waals surface area contributed by atoms with E-state index in [-0.39, 0.29) is 65.7 Å². The maximum absolute atomic E-state index is 15.8. The van der Waals surface area contributed by atoms with Crippen LogP contribution in [0.25, 0.3) is 21.8 Å². The van der Waals surface area contributed by atoms with Gasteiger partial charge in [0.1, 0.15) is 23.2 Å². The lowest BCUT2D eigenvalue weighted by atomic mass is 9.86. The van der Waals surface area contributed by atoms with Crippen LogP contribution in [0.4, 0.5) is 30.8 Å². The van der Waals surface area contributed by atoms with Crippen LogP contribution in [0.2, 0.25) is 0 Å². The first-order chi connectivity index (χ1) is 31.8. The molecule has 3 amide bonds. The molecule has 66 heavy (non-hydrogen) atoms. The zero-order chi connectivity index (χ0) is 45.9. The summed E-state index contributed by atoms with van der Waals surface area (Å²) in [4.78, 5) is 48.8. The fourth-order valence-corrected chi connectivity index (χ4v) is 11.7. The van der Waals surface area contributed by atoms with Gasteiger partial charge in [0, 0.05) is 70.8 Å². The van der Waals surface area contributed by atoms with Crippen LogP contribution >= 0.6 is 0 Å². The van der Waals surface area contributed by atoms with E-state index in [1.807, 2.05) is 6.07 Å². The zero-order valence-corrected chi connectivity index (χ0v) is 37.0. The summed E-state index contributed by atoms with van der Waals surface area (Å²) < 4.78 is 80.6. The third-order valence-corrected chi connectivity index (χ3v) is 15.7. The number of halogens is 2. The average molecular weight is 927 g/mol. The average Bonchev–Trinajstić information content (AvgIpc) is 3.87. The molecule has 5 fully saturated rings. The van der Waals surface area contributed by atoms with Crippen molar-refractivity contribution in [1.29, 1.82) is 5.26 Å². The Balaban J connectivity index is 0.774. The lowest BCUT2D eigenvalue weighted by Crippen LogP contribution is -2.51. The maximum atomic E-state index is 15.8. The number of carbonyl (C=O) groups is 2. The minimum Gasteiger partial charge on any atom is -0.453 e. The number of anilines is 3. The molecule has 21 heteroatoms. The third kappa shape index (κ3) is 8.09. The number of fused-ring (bicyclic) bond motifs is 2. The third-order valence-electron chi connectivity index (χ3n) is 13.9. The van der Waals surface area contributed by atoms with Gasteiger partial charge in [-0.25, -0.2) is 27.0 Å². The van der Waals surface area contributed by atoms with Crippen molar-refractivity contribution in [3.05, 3.63) is 76.3 Å². The van der Waals surface area contributed by atoms with Gasteiger partial charge < -0.3 is 24.0 Å². The molecule has 2 N–H and O–H groups in total. The molecule has 0 aliphatic carbocycles. The van der Waals surface area contributed by atoms with E-state index in [0.717, 1.165) is 44.8 Å². The molecule has 1 atom stereocenters. The van der Waals surface area contributed by atoms with Crippen molar-refractivity contribution in [2.24, 2.45) is 7.05 Å². The Bertz CT molecular complexity index is 2970. The first kappa shape index (κ1) is 43.7. The SMILES string of the molecule is Cn1nc(N2CCC(=O)NC2=O)c2cc(F)c(N3CCC(N4CCC5(CC4)C[C@@H](n4cnc6ccc(Oc7c(F)ccc(NS(=O)(=O)C8CCOCC8)c7C#N)cc6c4=O)CO5)CC3)cc21. The number of nitrogens with one attached hydrogen (secondary N) is 2. The molecule has 10 rings (SSSR count). The lowest BCUT2D eigenvalue weighted by molar-refractivity contribution is -0.120. The van der Waals surface area contributed by atoms with Gasteiger partial charge >= 0.3 is 6.03 Å². The smallest absolute Gasteiger partial charge is 0.329 e. The molecule has 346 valence electrons. The second-order valence-corrected chi connectivity index (χ2v) is 19.7. The molecule has 18 nitrogen and oxygen atoms in total. The van der Waals surface area contributed by atoms with Gasteiger partial charge in [0.25, 0.3) is 5.56 Å². The number of amides is 3. The predicted molar refractivity (Wildman–Crippen MR) is 238 cm³/mol. The normalized spacial score (nSPS) is 21.2. The van der Waals surface area contributed by atoms with Crippen LogP contribution in [-0.4, -0.2) is 114 Å². The van der Waals surface area contributed by atoms with Gasteiger partial charge in [-0.1, -0.05) is 0 Å². The number of likely N-dealkylation sites (tertiary alicyclic amines) is 1. The molecule has 1 spiro atoms. The topological polar surface area (TPSA) is 206 Å². The first-order valence-corrected chi connectivity index (χ1v) is 23.8. The number of aryl methyl sites for hydroxylation is 1. The van der Waals surface area contributed by atoms with Gasteiger partial charge in [-0.2, -0.15) is 10.4 Å². The van der Waals surface area contributed by atoms with E-state index >= 15 is 8.78 Å². The van der Waals surface area contributed by atoms with E-state index < -0.39 is 44.3 Å². The predicted octanol–water partition coefficient (Wildman–Crippen LogP) is 5.06. The van der Waals surface area contributed by atoms with Crippen molar-refractivity contribution >= 4 is 61.0 Å². The van der Waals surface area contributed by atoms with Crippen LogP contribution in [-0.2, 0) is 31.3 Å². The number of hydrogen-bond acceptors (Lipinski definition) is 13. The molecule has 5 aromatic rings. The van der Waals surface area contributed by atoms with Crippen molar-refractivity contribution in [2.45, 2.75) is 74.3 Å². The van der Waals surface area contributed by atoms with Gasteiger partial charge in [-0.15, -0.1) is 0 Å². The Morgan fingerprint density at radius 1 is 0.939 bits per heavy atom. The van der Waals surface area contributed by atoms with Gasteiger partial charge in [0.15, 0.2) is 17.4 Å². The summed E-state index contributed by atoms with van der Waals surface area (Å²) in [6, 6.07) is 11.3. The summed E-state index contributed by atoms with van der Waals surface area (Å²) in [5.74, 6) is -1.73. The Morgan fingerprint density at radius 3 is 2.45 bits per heavy atom. The van der Waals surface area contributed by atoms with Crippen LogP contribution in [0.3, 0.4) is 0 Å². The van der Waals surface area contributed by atoms with Crippen molar-refractivity contribution in [3.63, 3.8) is 0 Å². The number of sulfonamides is 1. The molecular formula is C45H48F2N10O8S. The number of nitriles is 1. The Labute approximate surface area is 378 Å². The van der Waals surface area contributed by atoms with Crippen LogP contribution < -0.4 is 30.1 Å². The van der Waals surface area contributed by atoms with Crippen LogP contribution in [0.15, 0.2) is 53.6 Å². The molecular weight excluding hydrogens is 879 g/mol. The lowest BCUT2D eigenvalue weighted by Gasteiger charge is -2.45. The minimum atomic E-state index is -3.91. The monoisotopic (exact) mass is 926 g/mol. The van der Waals surface area contributed by atoms with Crippen LogP contribution in [0, 0.1) is 23.0 Å². The Morgan fingerprint density at radius 2 is 1.71 bits per heavy atom. The number of ether oxygens (including phenoxy) is 3. The van der Waals surface area contributed by atoms with E-state index in [1.54, 1.807) is 28.4 Å². The molecule has 3 aromatic carbocycles. The molecule has 0 unspecified atom stereocenters. The van der Waals surface area contributed by atoms with Crippen LogP contribution in [0.1, 0.15) is 63.0 Å². The summed E-state index contributed by atoms with van der Waals surface area (Å²) in [5.41, 5.74) is 0.378. The summed E-state index contributed by atoms with van der Waals surface area (Å²) in [5, 5.41) is 16.8. The fourth-order valence-electron chi connectivity index (χ4n) is 10.2. The van der Waals surface area contributed by atoms with Gasteiger partial charge in [-0.3, -0.25) is 33.8 Å². The largest absolute Gasteiger partial charge is 0.453 e. The minimum absolute atomic E-state index is 0.0648. The summed E-state index contributed by atoms with van der Waals surface area (Å²) in [6.07, 6.45) is 6.12. The standard InChI is InChI=1S/C45H48F2N10O8S/c1-53-38-22-39(35(47)21-32(38)42(51-53)56-15-8-40(58)50-44(56)60)55-13-6-27(7-14-55)54-16-11-45(12-17-54)23-28(25-64-45)57-26-49-36-4-2-29(20-31(36)43(57)59)65-41-33(24-48)37(5-3-34(41)46)52-66(61,62)30-9-18-63-19-10-30/h2-5,20-22,26-28,30,52H,6-19,23,25H2,1H3,(H,50,58,60)/t28-/m1/s1. The molecule has 5 aliphatic heterocycles. The number of nitrogens with zero attached hydrogens (tertiary/aromatic N) is 8. The second kappa shape index (κ2) is 17.2. The number of imide groups is 1. The van der Waals surface area contributed by atoms with Crippen molar-refractivity contribution in [2.75, 3.05) is 67.1 Å². The van der Waals surface area contributed by atoms with Crippen molar-refractivity contribution in [3.8, 4) is 17.6 Å². The van der Waals surface area contributed by atoms with E-state index in [9.17, 15) is 28.1 Å². The molecule has 5 saturated heterocycles. The number of piperidine rings is 2. The summed E-state index contributed by atoms with van der Waals surface area (Å²) >= 11 is 0. The second-order valence-electron chi connectivity index (χ2n) is 17.7. The van der Waals surface area contributed by atoms with Crippen molar-refractivity contribution in [1.82, 2.24) is 29.5 Å². The number of urea groups is 1. The Kier molecular flexibility index (Phi) is 11.4. The number of carbonyl (C=O) groups excluding carboxylic acids is 2. The number of benzene rings is 3. The fraction of sp³-hybridized carbons (Fsp3) is 0.467. The highest BCUT2D eigenvalue weighted by molar-refractivity contribution is 7.93. The highest BCUT2D eigenvalue weighted by atomic mass is 32.2. The van der Waals surface area contributed by atoms with Gasteiger partial charge in [0.2, 0.25) is 15.9 Å². The number of hydrogen-bond donors (Lipinski definition) is 2. The number of aromatic nitrogens is 4. The first-order valence-electron chi connectivity index (χ1n) is 22.2. The zero-order valence-electron chi connectivity index (χ0n) is 36.2. The molecule has 0 radical (unpaired) electrons. The summed E-state index contributed by atoms with van der Waals surface area (Å²) in [7, 11) is -2.16. The van der Waals surface area contributed by atoms with Gasteiger partial charge in [0.05, 0.1) is 57.6 Å². The van der Waals surface area contributed by atoms with E-state index in [2.05, 4.69) is 29.9 Å². The highest BCUT2D eigenvalue weighted by Gasteiger charge is 2.45. The van der Waals surface area contributed by atoms with Gasteiger partial charge in [-0.05, 0) is 87.4 Å². The molecule has 5 aliphatic rings. The molecule has 2 aromatic heterocycles. The number of rotatable bonds is 9. The van der Waals surface area contributed by atoms with E-state index in [0.29, 0.717) is 73.3 Å².